The van der Waals surface area contributed by atoms with Gasteiger partial charge in [0.25, 0.3) is 0 Å². The van der Waals surface area contributed by atoms with E-state index in [1.165, 1.54) is 68.2 Å². The summed E-state index contributed by atoms with van der Waals surface area (Å²) in [6.45, 7) is 4.58. The first kappa shape index (κ1) is 21.3. The summed E-state index contributed by atoms with van der Waals surface area (Å²) in [5.41, 5.74) is 0. The fourth-order valence-electron chi connectivity index (χ4n) is 2.33. The summed E-state index contributed by atoms with van der Waals surface area (Å²) in [5.74, 6) is 0. The van der Waals surface area contributed by atoms with E-state index in [0.717, 1.165) is 0 Å². The van der Waals surface area contributed by atoms with Crippen LogP contribution in [0.5, 0.6) is 0 Å². The number of rotatable bonds is 10. The number of unbranched alkanes of at least 4 members (excludes halogenated alkanes) is 6. The maximum Gasteiger partial charge on any atom is 0.313 e. The number of aryl methyl sites for hydroxylation is 2. The molecule has 0 saturated carbocycles. The second-order valence-electron chi connectivity index (χ2n) is 5.83. The normalized spacial score (nSPS) is 10.5. The molecule has 0 radical (unpaired) electrons. The minimum Gasteiger partial charge on any atom is -1.00 e. The highest BCUT2D eigenvalue weighted by atomic mass is 79.9. The minimum atomic E-state index is 0. The minimum absolute atomic E-state index is 0. The van der Waals surface area contributed by atoms with Crippen molar-refractivity contribution in [2.24, 2.45) is 0 Å². The molecule has 0 atom stereocenters. The Hall–Kier alpha value is 0.330. The van der Waals surface area contributed by atoms with Crippen LogP contribution in [0.1, 0.15) is 75.0 Å². The Morgan fingerprint density at radius 2 is 1.14 bits per heavy atom. The molecule has 4 heteroatoms. The molecule has 1 rings (SSSR count). The Labute approximate surface area is 149 Å². The van der Waals surface area contributed by atoms with E-state index in [2.05, 4.69) is 32.5 Å². The molecular weight excluding hydrogens is 362 g/mol. The predicted octanol–water partition coefficient (Wildman–Crippen LogP) is 2.09. The molecule has 124 valence electrons. The lowest BCUT2D eigenvalue weighted by Gasteiger charge is -2.02. The molecule has 1 aromatic heterocycles. The third-order valence-corrected chi connectivity index (χ3v) is 6.71. The third-order valence-electron chi connectivity index (χ3n) is 3.61. The van der Waals surface area contributed by atoms with Gasteiger partial charge in [-0.3, -0.25) is 0 Å². The zero-order chi connectivity index (χ0) is 14.8. The maximum atomic E-state index is 2.29. The quantitative estimate of drug-likeness (QED) is 0.422. The van der Waals surface area contributed by atoms with Crippen molar-refractivity contribution in [1.29, 1.82) is 0 Å². The van der Waals surface area contributed by atoms with Crippen LogP contribution in [0.2, 0.25) is 0 Å². The van der Waals surface area contributed by atoms with Crippen LogP contribution in [0.3, 0.4) is 0 Å². The van der Waals surface area contributed by atoms with Gasteiger partial charge >= 0.3 is 3.98 Å². The summed E-state index contributed by atoms with van der Waals surface area (Å²) >= 11 is 4.07. The van der Waals surface area contributed by atoms with Gasteiger partial charge in [-0.1, -0.05) is 75.0 Å². The molecule has 0 aromatic carbocycles. The van der Waals surface area contributed by atoms with Gasteiger partial charge in [0.1, 0.15) is 14.1 Å². The van der Waals surface area contributed by atoms with Crippen LogP contribution < -0.4 is 25.5 Å². The van der Waals surface area contributed by atoms with Gasteiger partial charge in [-0.15, -0.1) is 0 Å². The molecule has 0 unspecified atom stereocenters. The van der Waals surface area contributed by atoms with Gasteiger partial charge in [-0.05, 0) is 25.7 Å². The highest BCUT2D eigenvalue weighted by molar-refractivity contribution is 7.27. The fraction of sp³-hybridized carbons (Fsp3) is 0.824. The van der Waals surface area contributed by atoms with Crippen molar-refractivity contribution < 1.29 is 17.0 Å². The summed E-state index contributed by atoms with van der Waals surface area (Å²) in [6.07, 6.45) is 13.6. The van der Waals surface area contributed by atoms with E-state index in [0.29, 0.717) is 0 Å². The van der Waals surface area contributed by atoms with Crippen molar-refractivity contribution in [2.75, 3.05) is 14.1 Å². The van der Waals surface area contributed by atoms with Crippen molar-refractivity contribution in [3.8, 4) is 0 Å². The molecule has 0 bridgehead atoms. The van der Waals surface area contributed by atoms with Crippen molar-refractivity contribution in [3.05, 3.63) is 13.7 Å². The van der Waals surface area contributed by atoms with E-state index < -0.39 is 0 Å². The summed E-state index contributed by atoms with van der Waals surface area (Å²) in [4.78, 5) is 3.35. The summed E-state index contributed by atoms with van der Waals surface area (Å²) in [7, 11) is 4.34. The Morgan fingerprint density at radius 3 is 1.48 bits per heavy atom. The summed E-state index contributed by atoms with van der Waals surface area (Å²) in [6, 6.07) is 0. The van der Waals surface area contributed by atoms with Crippen LogP contribution in [0.15, 0.2) is 0 Å². The second-order valence-corrected chi connectivity index (χ2v) is 8.26. The molecule has 0 aliphatic heterocycles. The van der Waals surface area contributed by atoms with Gasteiger partial charge in [-0.2, -0.15) is 0 Å². The van der Waals surface area contributed by atoms with E-state index in [9.17, 15) is 0 Å². The Kier molecular flexibility index (Phi) is 13.0. The number of nitrogens with zero attached hydrogens (tertiary/aromatic N) is 1. The number of hydrogen-bond donors (Lipinski definition) is 0. The lowest BCUT2D eigenvalue weighted by atomic mass is 10.1. The second kappa shape index (κ2) is 12.8. The first-order valence-electron chi connectivity index (χ1n) is 8.31. The van der Waals surface area contributed by atoms with Crippen LogP contribution in [-0.2, 0) is 12.8 Å². The highest BCUT2D eigenvalue weighted by Gasteiger charge is 2.10. The first-order chi connectivity index (χ1) is 9.69. The van der Waals surface area contributed by atoms with Crippen LogP contribution in [0, 0.1) is 0 Å². The molecule has 21 heavy (non-hydrogen) atoms. The average Bonchev–Trinajstić information content (AvgIpc) is 2.83. The molecule has 0 aliphatic rings. The third kappa shape index (κ3) is 8.51. The van der Waals surface area contributed by atoms with Crippen molar-refractivity contribution in [3.63, 3.8) is 0 Å². The van der Waals surface area contributed by atoms with Gasteiger partial charge < -0.3 is 17.0 Å². The zero-order valence-corrected chi connectivity index (χ0v) is 17.4. The van der Waals surface area contributed by atoms with E-state index in [-0.39, 0.29) is 17.0 Å². The monoisotopic (exact) mass is 393 g/mol. The molecular formula is C17H32BrNS2. The van der Waals surface area contributed by atoms with Gasteiger partial charge in [0.15, 0.2) is 0 Å². The zero-order valence-electron chi connectivity index (χ0n) is 14.2. The van der Waals surface area contributed by atoms with Crippen molar-refractivity contribution >= 4 is 22.7 Å². The molecule has 0 aliphatic carbocycles. The molecule has 0 spiro atoms. The van der Waals surface area contributed by atoms with Crippen LogP contribution in [-0.4, -0.2) is 14.1 Å². The van der Waals surface area contributed by atoms with E-state index in [1.807, 2.05) is 22.7 Å². The average molecular weight is 394 g/mol. The van der Waals surface area contributed by atoms with Crippen molar-refractivity contribution in [1.82, 2.24) is 4.58 Å². The molecule has 1 nitrogen and oxygen atoms in total. The molecule has 0 saturated heterocycles. The Morgan fingerprint density at radius 1 is 0.714 bits per heavy atom. The SMILES string of the molecule is CCCCCCc1sc(=[N+](C)C)sc1CCCCCC.[Br-]. The maximum absolute atomic E-state index is 2.29. The van der Waals surface area contributed by atoms with E-state index in [4.69, 9.17) is 0 Å². The predicted molar refractivity (Wildman–Crippen MR) is 95.0 cm³/mol. The lowest BCUT2D eigenvalue weighted by Crippen LogP contribution is -3.00. The topological polar surface area (TPSA) is 3.01 Å². The first-order valence-corrected chi connectivity index (χ1v) is 9.94. The lowest BCUT2D eigenvalue weighted by molar-refractivity contribution is -0.00000435. The molecule has 0 N–H and O–H groups in total. The Bertz CT molecular complexity index is 398. The molecule has 0 amide bonds. The highest BCUT2D eigenvalue weighted by Crippen LogP contribution is 2.22. The van der Waals surface area contributed by atoms with Crippen LogP contribution in [0.25, 0.3) is 0 Å². The van der Waals surface area contributed by atoms with Crippen LogP contribution >= 0.6 is 22.7 Å². The van der Waals surface area contributed by atoms with E-state index >= 15 is 0 Å². The molecule has 1 heterocycles. The molecule has 1 aromatic rings. The Balaban J connectivity index is 0.00000400. The molecule has 0 fully saturated rings. The van der Waals surface area contributed by atoms with Gasteiger partial charge in [-0.25, -0.2) is 4.58 Å². The summed E-state index contributed by atoms with van der Waals surface area (Å²) < 4.78 is 3.75. The van der Waals surface area contributed by atoms with Crippen LogP contribution in [0.4, 0.5) is 0 Å². The van der Waals surface area contributed by atoms with Gasteiger partial charge in [0.05, 0.1) is 0 Å². The summed E-state index contributed by atoms with van der Waals surface area (Å²) in [5, 5.41) is 0. The standard InChI is InChI=1S/C17H32NS2.BrH/c1-5-7-9-11-13-15-16(14-12-10-8-6-2)20-17(19-15)18(3)4;/h5-14H2,1-4H3;1H/q+1;/p-1. The smallest absolute Gasteiger partial charge is 0.313 e. The van der Waals surface area contributed by atoms with Crippen molar-refractivity contribution in [2.45, 2.75) is 78.1 Å². The largest absolute Gasteiger partial charge is 1.00 e. The number of halogens is 1. The fourth-order valence-corrected chi connectivity index (χ4v) is 5.07. The van der Waals surface area contributed by atoms with Gasteiger partial charge in [0.2, 0.25) is 0 Å². The van der Waals surface area contributed by atoms with Gasteiger partial charge in [0, 0.05) is 9.75 Å². The number of hydrogen-bond acceptors (Lipinski definition) is 2. The van der Waals surface area contributed by atoms with E-state index in [1.54, 1.807) is 9.75 Å².